The molecule has 0 spiro atoms. The number of nitrogens with zero attached hydrogens (tertiary/aromatic N) is 6. The molecule has 1 aromatic carbocycles. The van der Waals surface area contributed by atoms with Crippen molar-refractivity contribution in [3.63, 3.8) is 0 Å². The van der Waals surface area contributed by atoms with Crippen molar-refractivity contribution in [2.75, 3.05) is 23.7 Å². The molecule has 3 N–H and O–H groups in total. The van der Waals surface area contributed by atoms with Crippen LogP contribution in [-0.2, 0) is 17.1 Å². The van der Waals surface area contributed by atoms with Gasteiger partial charge in [-0.25, -0.2) is 13.4 Å². The van der Waals surface area contributed by atoms with Crippen LogP contribution in [0.2, 0.25) is 0 Å². The van der Waals surface area contributed by atoms with Gasteiger partial charge in [-0.15, -0.1) is 0 Å². The van der Waals surface area contributed by atoms with E-state index >= 15 is 0 Å². The number of nitriles is 1. The fourth-order valence-corrected chi connectivity index (χ4v) is 6.36. The minimum absolute atomic E-state index is 0.00787. The number of piperidine rings is 1. The minimum atomic E-state index is -3.60. The monoisotopic (exact) mass is 522 g/mol. The highest BCUT2D eigenvalue weighted by Gasteiger charge is 2.30. The summed E-state index contributed by atoms with van der Waals surface area (Å²) in [7, 11) is -1.76. The Balaban J connectivity index is 1.20. The lowest BCUT2D eigenvalue weighted by Gasteiger charge is -2.31. The van der Waals surface area contributed by atoms with Gasteiger partial charge in [0, 0.05) is 44.0 Å². The van der Waals surface area contributed by atoms with Crippen LogP contribution in [-0.4, -0.2) is 68.9 Å². The van der Waals surface area contributed by atoms with Gasteiger partial charge in [0.15, 0.2) is 0 Å². The van der Waals surface area contributed by atoms with Crippen LogP contribution in [0.3, 0.4) is 0 Å². The molecule has 1 aliphatic carbocycles. The van der Waals surface area contributed by atoms with Crippen molar-refractivity contribution in [1.29, 1.82) is 5.26 Å². The molecule has 12 heteroatoms. The summed E-state index contributed by atoms with van der Waals surface area (Å²) in [6.07, 6.45) is 8.16. The molecule has 2 aromatic heterocycles. The summed E-state index contributed by atoms with van der Waals surface area (Å²) in [6.45, 7) is 0.761. The van der Waals surface area contributed by atoms with Crippen molar-refractivity contribution >= 4 is 21.8 Å². The number of aliphatic hydroxyl groups is 1. The second-order valence-electron chi connectivity index (χ2n) is 9.63. The van der Waals surface area contributed by atoms with E-state index < -0.39 is 10.0 Å². The molecular formula is C25H30N8O3S. The average Bonchev–Trinajstić information content (AvgIpc) is 3.52. The van der Waals surface area contributed by atoms with Gasteiger partial charge < -0.3 is 15.7 Å². The van der Waals surface area contributed by atoms with Crippen LogP contribution in [0, 0.1) is 11.3 Å². The van der Waals surface area contributed by atoms with E-state index in [1.807, 2.05) is 13.2 Å². The van der Waals surface area contributed by atoms with Crippen LogP contribution in [0.4, 0.5) is 11.8 Å². The minimum Gasteiger partial charge on any atom is -0.393 e. The fourth-order valence-electron chi connectivity index (χ4n) is 4.89. The maximum absolute atomic E-state index is 13.2. The Labute approximate surface area is 216 Å². The predicted molar refractivity (Wildman–Crippen MR) is 138 cm³/mol. The maximum Gasteiger partial charge on any atom is 0.243 e. The third kappa shape index (κ3) is 5.58. The van der Waals surface area contributed by atoms with Crippen LogP contribution in [0.1, 0.15) is 37.7 Å². The van der Waals surface area contributed by atoms with Gasteiger partial charge in [-0.3, -0.25) is 4.68 Å². The van der Waals surface area contributed by atoms with Gasteiger partial charge in [0.2, 0.25) is 16.0 Å². The standard InChI is InChI=1S/C25H30N8O3S/c1-32-16-19(15-28-32)17-2-6-23(7-3-17)37(35,36)33-10-8-20(9-11-33)30-25-27-14-18(13-26)24(31-25)29-21-4-5-22(34)12-21/h2-3,6-7,14-16,20-22,34H,4-5,8-12H2,1H3,(H2,27,29,30,31)/t21-,22-/m1/s1. The number of hydrogen-bond acceptors (Lipinski definition) is 9. The molecule has 1 saturated heterocycles. The Kier molecular flexibility index (Phi) is 7.10. The molecule has 2 fully saturated rings. The van der Waals surface area contributed by atoms with Crippen molar-refractivity contribution in [2.45, 2.75) is 55.2 Å². The first-order chi connectivity index (χ1) is 17.8. The maximum atomic E-state index is 13.2. The first kappa shape index (κ1) is 25.1. The fraction of sp³-hybridized carbons (Fsp3) is 0.440. The first-order valence-corrected chi connectivity index (χ1v) is 13.8. The highest BCUT2D eigenvalue weighted by molar-refractivity contribution is 7.89. The third-order valence-electron chi connectivity index (χ3n) is 6.97. The van der Waals surface area contributed by atoms with Gasteiger partial charge in [-0.2, -0.15) is 19.6 Å². The van der Waals surface area contributed by atoms with E-state index in [1.54, 1.807) is 35.1 Å². The van der Waals surface area contributed by atoms with Crippen LogP contribution in [0.15, 0.2) is 47.8 Å². The molecule has 1 saturated carbocycles. The molecule has 0 bridgehead atoms. The number of sulfonamides is 1. The molecule has 2 atom stereocenters. The summed E-state index contributed by atoms with van der Waals surface area (Å²) >= 11 is 0. The van der Waals surface area contributed by atoms with Crippen molar-refractivity contribution in [3.8, 4) is 17.2 Å². The second-order valence-corrected chi connectivity index (χ2v) is 11.6. The van der Waals surface area contributed by atoms with Gasteiger partial charge in [-0.1, -0.05) is 12.1 Å². The predicted octanol–water partition coefficient (Wildman–Crippen LogP) is 2.34. The number of rotatable bonds is 7. The Hall–Kier alpha value is -3.53. The summed E-state index contributed by atoms with van der Waals surface area (Å²) < 4.78 is 29.7. The van der Waals surface area contributed by atoms with Gasteiger partial charge in [0.05, 0.1) is 23.4 Å². The van der Waals surface area contributed by atoms with Crippen molar-refractivity contribution in [3.05, 3.63) is 48.4 Å². The van der Waals surface area contributed by atoms with Gasteiger partial charge in [0.1, 0.15) is 17.5 Å². The lowest BCUT2D eigenvalue weighted by atomic mass is 10.1. The lowest BCUT2D eigenvalue weighted by molar-refractivity contribution is 0.182. The molecule has 0 amide bonds. The Bertz CT molecular complexity index is 1390. The summed E-state index contributed by atoms with van der Waals surface area (Å²) in [5.74, 6) is 0.848. The molecule has 2 aliphatic rings. The Morgan fingerprint density at radius 3 is 2.41 bits per heavy atom. The summed E-state index contributed by atoms with van der Waals surface area (Å²) in [5, 5.41) is 29.9. The second kappa shape index (κ2) is 10.5. The molecule has 37 heavy (non-hydrogen) atoms. The number of aryl methyl sites for hydroxylation is 1. The van der Waals surface area contributed by atoms with E-state index in [1.165, 1.54) is 10.5 Å². The van der Waals surface area contributed by atoms with Crippen LogP contribution in [0.25, 0.3) is 11.1 Å². The zero-order valence-electron chi connectivity index (χ0n) is 20.6. The third-order valence-corrected chi connectivity index (χ3v) is 8.89. The Morgan fingerprint density at radius 1 is 1.03 bits per heavy atom. The van der Waals surface area contributed by atoms with Crippen LogP contribution in [0.5, 0.6) is 0 Å². The molecular weight excluding hydrogens is 492 g/mol. The summed E-state index contributed by atoms with van der Waals surface area (Å²) in [6, 6.07) is 9.08. The smallest absolute Gasteiger partial charge is 0.243 e. The number of nitrogens with one attached hydrogen (secondary N) is 2. The van der Waals surface area contributed by atoms with Crippen LogP contribution < -0.4 is 10.6 Å². The van der Waals surface area contributed by atoms with E-state index in [0.29, 0.717) is 49.7 Å². The molecule has 0 unspecified atom stereocenters. The van der Waals surface area contributed by atoms with Crippen LogP contribution >= 0.6 is 0 Å². The summed E-state index contributed by atoms with van der Waals surface area (Å²) in [5.41, 5.74) is 2.19. The van der Waals surface area contributed by atoms with Gasteiger partial charge >= 0.3 is 0 Å². The molecule has 11 nitrogen and oxygen atoms in total. The molecule has 5 rings (SSSR count). The van der Waals surface area contributed by atoms with Gasteiger partial charge in [-0.05, 0) is 49.8 Å². The molecule has 194 valence electrons. The molecule has 3 aromatic rings. The molecule has 3 heterocycles. The largest absolute Gasteiger partial charge is 0.393 e. The summed E-state index contributed by atoms with van der Waals surface area (Å²) in [4.78, 5) is 9.05. The van der Waals surface area contributed by atoms with E-state index in [-0.39, 0.29) is 23.1 Å². The SMILES string of the molecule is Cn1cc(-c2ccc(S(=O)(=O)N3CCC(Nc4ncc(C#N)c(N[C@@H]5CC[C@@H](O)C5)n4)CC3)cc2)cn1. The highest BCUT2D eigenvalue weighted by atomic mass is 32.2. The van der Waals surface area contributed by atoms with Crippen molar-refractivity contribution < 1.29 is 13.5 Å². The average molecular weight is 523 g/mol. The highest BCUT2D eigenvalue weighted by Crippen LogP contribution is 2.27. The number of hydrogen-bond donors (Lipinski definition) is 3. The quantitative estimate of drug-likeness (QED) is 0.425. The van der Waals surface area contributed by atoms with E-state index in [9.17, 15) is 18.8 Å². The number of anilines is 2. The zero-order valence-corrected chi connectivity index (χ0v) is 21.4. The number of aliphatic hydroxyl groups excluding tert-OH is 1. The zero-order chi connectivity index (χ0) is 26.0. The van der Waals surface area contributed by atoms with E-state index in [0.717, 1.165) is 24.0 Å². The Morgan fingerprint density at radius 2 is 1.78 bits per heavy atom. The topological polar surface area (TPSA) is 149 Å². The normalized spacial score (nSPS) is 21.0. The van der Waals surface area contributed by atoms with Crippen molar-refractivity contribution in [2.24, 2.45) is 7.05 Å². The molecule has 0 radical (unpaired) electrons. The van der Waals surface area contributed by atoms with Crippen molar-refractivity contribution in [1.82, 2.24) is 24.1 Å². The number of aromatic nitrogens is 4. The van der Waals surface area contributed by atoms with E-state index in [4.69, 9.17) is 0 Å². The van der Waals surface area contributed by atoms with Gasteiger partial charge in [0.25, 0.3) is 0 Å². The first-order valence-electron chi connectivity index (χ1n) is 12.4. The van der Waals surface area contributed by atoms with E-state index in [2.05, 4.69) is 31.8 Å². The lowest BCUT2D eigenvalue weighted by Crippen LogP contribution is -2.42. The number of benzene rings is 1. The molecule has 1 aliphatic heterocycles.